The summed E-state index contributed by atoms with van der Waals surface area (Å²) >= 11 is 0. The van der Waals surface area contributed by atoms with Gasteiger partial charge >= 0.3 is 10.1 Å². The Morgan fingerprint density at radius 1 is 1.17 bits per heavy atom. The van der Waals surface area contributed by atoms with Gasteiger partial charge in [0, 0.05) is 11.5 Å². The Hall–Kier alpha value is -3.44. The lowest BCUT2D eigenvalue weighted by molar-refractivity contribution is -0.387. The van der Waals surface area contributed by atoms with Crippen LogP contribution in [0.4, 0.5) is 10.1 Å². The fourth-order valence-corrected chi connectivity index (χ4v) is 4.16. The van der Waals surface area contributed by atoms with Crippen LogP contribution in [0.25, 0.3) is 10.8 Å². The molecule has 0 aromatic heterocycles. The van der Waals surface area contributed by atoms with Gasteiger partial charge < -0.3 is 4.18 Å². The number of terminal acetylenes is 1. The van der Waals surface area contributed by atoms with Crippen molar-refractivity contribution < 1.29 is 21.9 Å². The second kappa shape index (κ2) is 7.53. The standard InChI is InChI=1S/C21H16FNO5S/c1-4-16-18(22)10-9-14-11-15(12-17(13(2)3)21(14)16)28-29(26,27)20-8-6-5-7-19(20)23(24)25/h1,5-13H,2-3H3. The summed E-state index contributed by atoms with van der Waals surface area (Å²) < 4.78 is 44.8. The Bertz CT molecular complexity index is 1280. The molecule has 0 spiro atoms. The Morgan fingerprint density at radius 3 is 2.48 bits per heavy atom. The van der Waals surface area contributed by atoms with Crippen molar-refractivity contribution in [2.24, 2.45) is 0 Å². The normalized spacial score (nSPS) is 11.4. The highest BCUT2D eigenvalue weighted by molar-refractivity contribution is 7.87. The van der Waals surface area contributed by atoms with Crippen LogP contribution >= 0.6 is 0 Å². The summed E-state index contributed by atoms with van der Waals surface area (Å²) in [6.07, 6.45) is 5.47. The van der Waals surface area contributed by atoms with Crippen molar-refractivity contribution in [3.05, 3.63) is 75.6 Å². The number of nitro benzene ring substituents is 1. The first-order valence-corrected chi connectivity index (χ1v) is 9.97. The molecule has 3 aromatic carbocycles. The molecule has 29 heavy (non-hydrogen) atoms. The monoisotopic (exact) mass is 413 g/mol. The molecule has 3 rings (SSSR count). The second-order valence-electron chi connectivity index (χ2n) is 6.59. The van der Waals surface area contributed by atoms with E-state index in [4.69, 9.17) is 10.6 Å². The zero-order chi connectivity index (χ0) is 21.3. The van der Waals surface area contributed by atoms with Gasteiger partial charge in [0.2, 0.25) is 0 Å². The van der Waals surface area contributed by atoms with Crippen LogP contribution in [0.3, 0.4) is 0 Å². The lowest BCUT2D eigenvalue weighted by Gasteiger charge is -2.15. The Morgan fingerprint density at radius 2 is 1.86 bits per heavy atom. The Labute approximate surface area is 167 Å². The van der Waals surface area contributed by atoms with Crippen LogP contribution < -0.4 is 4.18 Å². The highest BCUT2D eigenvalue weighted by Crippen LogP contribution is 2.35. The first-order valence-electron chi connectivity index (χ1n) is 8.56. The van der Waals surface area contributed by atoms with Crippen molar-refractivity contribution >= 4 is 26.6 Å². The molecule has 0 atom stereocenters. The van der Waals surface area contributed by atoms with Gasteiger partial charge in [-0.05, 0) is 41.1 Å². The van der Waals surface area contributed by atoms with E-state index in [1.807, 2.05) is 13.8 Å². The molecule has 0 aliphatic heterocycles. The predicted octanol–water partition coefficient (Wildman–Crippen LogP) is 4.76. The van der Waals surface area contributed by atoms with Gasteiger partial charge in [-0.3, -0.25) is 10.1 Å². The van der Waals surface area contributed by atoms with Crippen molar-refractivity contribution in [3.63, 3.8) is 0 Å². The van der Waals surface area contributed by atoms with Gasteiger partial charge in [-0.15, -0.1) is 6.42 Å². The average Bonchev–Trinajstić information content (AvgIpc) is 2.67. The molecule has 0 N–H and O–H groups in total. The SMILES string of the molecule is C#Cc1c(F)ccc2cc(OS(=O)(=O)c3ccccc3[N+](=O)[O-])cc(C(C)C)c12. The predicted molar refractivity (Wildman–Crippen MR) is 107 cm³/mol. The number of para-hydroxylation sites is 1. The van der Waals surface area contributed by atoms with Crippen molar-refractivity contribution in [1.82, 2.24) is 0 Å². The lowest BCUT2D eigenvalue weighted by atomic mass is 9.92. The van der Waals surface area contributed by atoms with Gasteiger partial charge in [0.05, 0.1) is 10.5 Å². The molecule has 0 fully saturated rings. The van der Waals surface area contributed by atoms with Crippen LogP contribution in [0.15, 0.2) is 53.4 Å². The van der Waals surface area contributed by atoms with E-state index >= 15 is 0 Å². The van der Waals surface area contributed by atoms with Crippen LogP contribution in [-0.2, 0) is 10.1 Å². The first kappa shape index (κ1) is 20.3. The van der Waals surface area contributed by atoms with Crippen molar-refractivity contribution in [2.45, 2.75) is 24.7 Å². The number of nitro groups is 1. The summed E-state index contributed by atoms with van der Waals surface area (Å²) in [5, 5.41) is 12.2. The zero-order valence-electron chi connectivity index (χ0n) is 15.5. The number of hydrogen-bond acceptors (Lipinski definition) is 5. The average molecular weight is 413 g/mol. The van der Waals surface area contributed by atoms with Gasteiger partial charge in [0.1, 0.15) is 11.6 Å². The molecule has 3 aromatic rings. The first-order chi connectivity index (χ1) is 13.7. The van der Waals surface area contributed by atoms with Gasteiger partial charge in [-0.2, -0.15) is 8.42 Å². The summed E-state index contributed by atoms with van der Waals surface area (Å²) in [7, 11) is -4.48. The molecule has 0 saturated heterocycles. The molecular formula is C21H16FNO5S. The van der Waals surface area contributed by atoms with E-state index in [0.29, 0.717) is 16.3 Å². The summed E-state index contributed by atoms with van der Waals surface area (Å²) in [6.45, 7) is 3.70. The molecule has 8 heteroatoms. The minimum absolute atomic E-state index is 0.0473. The second-order valence-corrected chi connectivity index (χ2v) is 8.11. The highest BCUT2D eigenvalue weighted by Gasteiger charge is 2.27. The molecule has 0 saturated carbocycles. The summed E-state index contributed by atoms with van der Waals surface area (Å²) in [5.41, 5.74) is 0.0936. The Kier molecular flexibility index (Phi) is 5.27. The number of benzene rings is 3. The highest BCUT2D eigenvalue weighted by atomic mass is 32.2. The van der Waals surface area contributed by atoms with Crippen molar-refractivity contribution in [1.29, 1.82) is 0 Å². The third kappa shape index (κ3) is 3.77. The molecule has 0 bridgehead atoms. The molecule has 0 amide bonds. The smallest absolute Gasteiger partial charge is 0.346 e. The maximum Gasteiger partial charge on any atom is 0.346 e. The number of halogens is 1. The topological polar surface area (TPSA) is 86.5 Å². The molecule has 0 heterocycles. The molecular weight excluding hydrogens is 397 g/mol. The molecule has 0 aliphatic carbocycles. The minimum Gasteiger partial charge on any atom is -0.379 e. The minimum atomic E-state index is -4.48. The summed E-state index contributed by atoms with van der Waals surface area (Å²) in [4.78, 5) is 9.82. The van der Waals surface area contributed by atoms with Gasteiger partial charge in [0.25, 0.3) is 5.69 Å². The third-order valence-corrected chi connectivity index (χ3v) is 5.67. The fraction of sp³-hybridized carbons (Fsp3) is 0.143. The third-order valence-electron chi connectivity index (χ3n) is 4.37. The zero-order valence-corrected chi connectivity index (χ0v) is 16.4. The van der Waals surface area contributed by atoms with E-state index in [1.54, 1.807) is 0 Å². The van der Waals surface area contributed by atoms with Crippen molar-refractivity contribution in [2.75, 3.05) is 0 Å². The molecule has 0 radical (unpaired) electrons. The number of nitrogens with zero attached hydrogens (tertiary/aromatic N) is 1. The van der Waals surface area contributed by atoms with Crippen LogP contribution in [0.1, 0.15) is 30.9 Å². The summed E-state index contributed by atoms with van der Waals surface area (Å²) in [5.74, 6) is 1.62. The van der Waals surface area contributed by atoms with Gasteiger partial charge in [-0.25, -0.2) is 4.39 Å². The quantitative estimate of drug-likeness (QED) is 0.261. The number of fused-ring (bicyclic) bond motifs is 1. The molecule has 148 valence electrons. The Balaban J connectivity index is 2.19. The largest absolute Gasteiger partial charge is 0.379 e. The molecule has 0 aliphatic rings. The van der Waals surface area contributed by atoms with E-state index in [1.165, 1.54) is 36.4 Å². The van der Waals surface area contributed by atoms with Crippen LogP contribution in [-0.4, -0.2) is 13.3 Å². The van der Waals surface area contributed by atoms with E-state index in [0.717, 1.165) is 12.1 Å². The van der Waals surface area contributed by atoms with Gasteiger partial charge in [0.15, 0.2) is 4.90 Å². The van der Waals surface area contributed by atoms with Crippen LogP contribution in [0, 0.1) is 28.3 Å². The van der Waals surface area contributed by atoms with Crippen LogP contribution in [0.5, 0.6) is 5.75 Å². The van der Waals surface area contributed by atoms with E-state index < -0.39 is 31.4 Å². The molecule has 0 unspecified atom stereocenters. The number of rotatable bonds is 5. The van der Waals surface area contributed by atoms with E-state index in [2.05, 4.69) is 5.92 Å². The van der Waals surface area contributed by atoms with E-state index in [-0.39, 0.29) is 17.2 Å². The maximum atomic E-state index is 14.1. The number of hydrogen-bond donors (Lipinski definition) is 0. The maximum absolute atomic E-state index is 14.1. The van der Waals surface area contributed by atoms with Gasteiger partial charge in [-0.1, -0.05) is 38.0 Å². The van der Waals surface area contributed by atoms with Crippen LogP contribution in [0.2, 0.25) is 0 Å². The lowest BCUT2D eigenvalue weighted by Crippen LogP contribution is -2.12. The van der Waals surface area contributed by atoms with E-state index in [9.17, 15) is 22.9 Å². The summed E-state index contributed by atoms with van der Waals surface area (Å²) in [6, 6.07) is 10.4. The molecule has 6 nitrogen and oxygen atoms in total. The van der Waals surface area contributed by atoms with Crippen molar-refractivity contribution in [3.8, 4) is 18.1 Å². The fourth-order valence-electron chi connectivity index (χ4n) is 3.08.